The molecular weight excluding hydrogens is 483 g/mol. The topological polar surface area (TPSA) is 90.0 Å². The number of halogens is 2. The molecule has 2 amide bonds. The molecule has 0 aliphatic carbocycles. The van der Waals surface area contributed by atoms with Crippen molar-refractivity contribution in [1.82, 2.24) is 14.5 Å². The number of rotatable bonds is 11. The first-order valence-corrected chi connectivity index (χ1v) is 12.6. The van der Waals surface area contributed by atoms with E-state index in [-0.39, 0.29) is 18.1 Å². The summed E-state index contributed by atoms with van der Waals surface area (Å²) in [6.45, 7) is 3.43. The van der Waals surface area contributed by atoms with E-state index in [4.69, 9.17) is 11.6 Å². The molecule has 0 aromatic heterocycles. The molecule has 0 unspecified atom stereocenters. The van der Waals surface area contributed by atoms with Crippen LogP contribution in [0, 0.1) is 5.82 Å². The lowest BCUT2D eigenvalue weighted by atomic mass is 10.1. The Hall–Kier alpha value is -2.69. The standard InChI is InChI=1S/C23H30ClFN4O4S/c1-5-21(23(31)26-6-2)28(15-17-7-9-18(24)10-8-17)22(30)16-29(34(32,33)27(3)4)20-13-11-19(25)12-14-20/h7-14,21H,5-6,15-16H2,1-4H3,(H,26,31)/t21-/m1/s1. The Kier molecular flexibility index (Phi) is 9.84. The summed E-state index contributed by atoms with van der Waals surface area (Å²) < 4.78 is 41.4. The second kappa shape index (κ2) is 12.1. The highest BCUT2D eigenvalue weighted by atomic mass is 35.5. The average Bonchev–Trinajstić information content (AvgIpc) is 2.79. The van der Waals surface area contributed by atoms with E-state index in [9.17, 15) is 22.4 Å². The molecule has 1 atom stereocenters. The predicted molar refractivity (Wildman–Crippen MR) is 131 cm³/mol. The van der Waals surface area contributed by atoms with Gasteiger partial charge in [0.05, 0.1) is 5.69 Å². The largest absolute Gasteiger partial charge is 0.355 e. The quantitative estimate of drug-likeness (QED) is 0.501. The Morgan fingerprint density at radius 2 is 1.62 bits per heavy atom. The number of hydrogen-bond acceptors (Lipinski definition) is 4. The van der Waals surface area contributed by atoms with Gasteiger partial charge in [0.1, 0.15) is 18.4 Å². The third kappa shape index (κ3) is 6.91. The third-order valence-corrected chi connectivity index (χ3v) is 7.21. The van der Waals surface area contributed by atoms with Crippen molar-refractivity contribution in [3.05, 3.63) is 64.9 Å². The molecule has 1 N–H and O–H groups in total. The summed E-state index contributed by atoms with van der Waals surface area (Å²) in [4.78, 5) is 27.7. The van der Waals surface area contributed by atoms with E-state index >= 15 is 0 Å². The zero-order valence-corrected chi connectivity index (χ0v) is 21.2. The zero-order chi connectivity index (χ0) is 25.5. The lowest BCUT2D eigenvalue weighted by Gasteiger charge is -2.33. The van der Waals surface area contributed by atoms with Gasteiger partial charge in [-0.25, -0.2) is 8.70 Å². The molecule has 0 bridgehead atoms. The van der Waals surface area contributed by atoms with Gasteiger partial charge in [-0.3, -0.25) is 9.59 Å². The van der Waals surface area contributed by atoms with Gasteiger partial charge < -0.3 is 10.2 Å². The van der Waals surface area contributed by atoms with E-state index in [1.54, 1.807) is 38.1 Å². The van der Waals surface area contributed by atoms with Crippen molar-refractivity contribution in [3.63, 3.8) is 0 Å². The Balaban J connectivity index is 2.47. The molecule has 0 aliphatic rings. The minimum atomic E-state index is -4.10. The summed E-state index contributed by atoms with van der Waals surface area (Å²) in [5.74, 6) is -1.46. The maximum absolute atomic E-state index is 13.6. The number of nitrogens with zero attached hydrogens (tertiary/aromatic N) is 3. The predicted octanol–water partition coefficient (Wildman–Crippen LogP) is 3.04. The van der Waals surface area contributed by atoms with Gasteiger partial charge in [-0.2, -0.15) is 12.7 Å². The van der Waals surface area contributed by atoms with Crippen molar-refractivity contribution in [2.45, 2.75) is 32.9 Å². The molecule has 34 heavy (non-hydrogen) atoms. The smallest absolute Gasteiger partial charge is 0.304 e. The number of anilines is 1. The number of likely N-dealkylation sites (N-methyl/N-ethyl adjacent to an activating group) is 1. The van der Waals surface area contributed by atoms with Gasteiger partial charge in [0.2, 0.25) is 11.8 Å². The Morgan fingerprint density at radius 1 is 1.03 bits per heavy atom. The summed E-state index contributed by atoms with van der Waals surface area (Å²) in [7, 11) is -1.42. The van der Waals surface area contributed by atoms with Crippen LogP contribution in [0.4, 0.5) is 10.1 Å². The van der Waals surface area contributed by atoms with Crippen LogP contribution in [0.15, 0.2) is 48.5 Å². The molecule has 2 rings (SSSR count). The fourth-order valence-corrected chi connectivity index (χ4v) is 4.50. The lowest BCUT2D eigenvalue weighted by Crippen LogP contribution is -2.53. The van der Waals surface area contributed by atoms with Crippen LogP contribution in [0.2, 0.25) is 5.02 Å². The molecule has 0 fully saturated rings. The van der Waals surface area contributed by atoms with Crippen molar-refractivity contribution in [2.24, 2.45) is 0 Å². The van der Waals surface area contributed by atoms with Crippen LogP contribution in [-0.2, 0) is 26.3 Å². The summed E-state index contributed by atoms with van der Waals surface area (Å²) >= 11 is 5.97. The highest BCUT2D eigenvalue weighted by molar-refractivity contribution is 7.90. The first-order chi connectivity index (χ1) is 16.0. The van der Waals surface area contributed by atoms with Gasteiger partial charge >= 0.3 is 10.2 Å². The van der Waals surface area contributed by atoms with Crippen LogP contribution in [0.3, 0.4) is 0 Å². The van der Waals surface area contributed by atoms with Gasteiger partial charge in [-0.15, -0.1) is 0 Å². The zero-order valence-electron chi connectivity index (χ0n) is 19.7. The molecule has 2 aromatic carbocycles. The molecule has 0 aliphatic heterocycles. The molecule has 2 aromatic rings. The molecule has 0 saturated heterocycles. The Bertz CT molecular complexity index is 1080. The maximum Gasteiger partial charge on any atom is 0.304 e. The van der Waals surface area contributed by atoms with Gasteiger partial charge in [0, 0.05) is 32.2 Å². The minimum Gasteiger partial charge on any atom is -0.355 e. The average molecular weight is 513 g/mol. The first kappa shape index (κ1) is 27.6. The van der Waals surface area contributed by atoms with E-state index in [0.717, 1.165) is 26.3 Å². The van der Waals surface area contributed by atoms with E-state index in [2.05, 4.69) is 5.32 Å². The molecular formula is C23H30ClFN4O4S. The summed E-state index contributed by atoms with van der Waals surface area (Å²) in [5.41, 5.74) is 0.852. The van der Waals surface area contributed by atoms with Crippen molar-refractivity contribution < 1.29 is 22.4 Å². The number of nitrogens with one attached hydrogen (secondary N) is 1. The van der Waals surface area contributed by atoms with Gasteiger partial charge in [0.15, 0.2) is 0 Å². The first-order valence-electron chi connectivity index (χ1n) is 10.8. The summed E-state index contributed by atoms with van der Waals surface area (Å²) in [5, 5.41) is 3.26. The SMILES string of the molecule is CCNC(=O)[C@@H](CC)N(Cc1ccc(Cl)cc1)C(=O)CN(c1ccc(F)cc1)S(=O)(=O)N(C)C. The molecule has 0 heterocycles. The van der Waals surface area contributed by atoms with E-state index in [1.807, 2.05) is 0 Å². The highest BCUT2D eigenvalue weighted by Crippen LogP contribution is 2.22. The number of carbonyl (C=O) groups is 2. The van der Waals surface area contributed by atoms with Crippen molar-refractivity contribution in [3.8, 4) is 0 Å². The minimum absolute atomic E-state index is 0.0743. The van der Waals surface area contributed by atoms with Crippen LogP contribution in [0.5, 0.6) is 0 Å². The monoisotopic (exact) mass is 512 g/mol. The van der Waals surface area contributed by atoms with Crippen molar-refractivity contribution >= 4 is 39.3 Å². The van der Waals surface area contributed by atoms with E-state index < -0.39 is 34.5 Å². The van der Waals surface area contributed by atoms with Crippen LogP contribution in [-0.4, -0.2) is 62.7 Å². The fraction of sp³-hybridized carbons (Fsp3) is 0.391. The maximum atomic E-state index is 13.6. The van der Waals surface area contributed by atoms with Gasteiger partial charge in [0.25, 0.3) is 0 Å². The van der Waals surface area contributed by atoms with Crippen LogP contribution in [0.1, 0.15) is 25.8 Å². The van der Waals surface area contributed by atoms with Crippen LogP contribution >= 0.6 is 11.6 Å². The van der Waals surface area contributed by atoms with Crippen molar-refractivity contribution in [2.75, 3.05) is 31.5 Å². The fourth-order valence-electron chi connectivity index (χ4n) is 3.32. The number of hydrogen-bond donors (Lipinski definition) is 1. The highest BCUT2D eigenvalue weighted by Gasteiger charge is 2.33. The molecule has 0 radical (unpaired) electrons. The second-order valence-electron chi connectivity index (χ2n) is 7.74. The molecule has 0 saturated carbocycles. The molecule has 8 nitrogen and oxygen atoms in total. The summed E-state index contributed by atoms with van der Waals surface area (Å²) in [6.07, 6.45) is 0.322. The lowest BCUT2D eigenvalue weighted by molar-refractivity contribution is -0.140. The number of benzene rings is 2. The molecule has 186 valence electrons. The molecule has 0 spiro atoms. The second-order valence-corrected chi connectivity index (χ2v) is 10.2. The number of carbonyl (C=O) groups excluding carboxylic acids is 2. The van der Waals surface area contributed by atoms with E-state index in [0.29, 0.717) is 18.0 Å². The normalized spacial score (nSPS) is 12.3. The summed E-state index contributed by atoms with van der Waals surface area (Å²) in [6, 6.07) is 10.8. The third-order valence-electron chi connectivity index (χ3n) is 5.14. The number of amides is 2. The van der Waals surface area contributed by atoms with Crippen LogP contribution in [0.25, 0.3) is 0 Å². The Labute approximate surface area is 205 Å². The van der Waals surface area contributed by atoms with Crippen LogP contribution < -0.4 is 9.62 Å². The Morgan fingerprint density at radius 3 is 2.12 bits per heavy atom. The van der Waals surface area contributed by atoms with Gasteiger partial charge in [-0.1, -0.05) is 30.7 Å². The molecule has 11 heteroatoms. The van der Waals surface area contributed by atoms with Crippen molar-refractivity contribution in [1.29, 1.82) is 0 Å². The van der Waals surface area contributed by atoms with Gasteiger partial charge in [-0.05, 0) is 55.3 Å². The van der Waals surface area contributed by atoms with E-state index in [1.165, 1.54) is 31.1 Å².